The van der Waals surface area contributed by atoms with Gasteiger partial charge in [0.1, 0.15) is 5.75 Å². The molecule has 5 nitrogen and oxygen atoms in total. The van der Waals surface area contributed by atoms with Crippen LogP contribution in [0.25, 0.3) is 0 Å². The Kier molecular flexibility index (Phi) is 5.38. The number of aliphatic hydroxyl groups is 1. The number of hydrogen-bond donors (Lipinski definition) is 1. The van der Waals surface area contributed by atoms with E-state index >= 15 is 0 Å². The third-order valence-corrected chi connectivity index (χ3v) is 3.62. The fourth-order valence-electron chi connectivity index (χ4n) is 2.41. The number of carbonyl (C=O) groups is 1. The summed E-state index contributed by atoms with van der Waals surface area (Å²) in [6, 6.07) is 8.01. The van der Waals surface area contributed by atoms with Gasteiger partial charge >= 0.3 is 0 Å². The van der Waals surface area contributed by atoms with Gasteiger partial charge in [0.25, 0.3) is 0 Å². The van der Waals surface area contributed by atoms with Crippen molar-refractivity contribution in [2.45, 2.75) is 13.0 Å². The maximum absolute atomic E-state index is 11.9. The summed E-state index contributed by atoms with van der Waals surface area (Å²) in [4.78, 5) is 15.9. The predicted octanol–water partition coefficient (Wildman–Crippen LogP) is 0.722. The first-order valence-corrected chi connectivity index (χ1v) is 6.97. The summed E-state index contributed by atoms with van der Waals surface area (Å²) in [6.07, 6.45) is 0.524. The van der Waals surface area contributed by atoms with Crippen LogP contribution in [0.4, 0.5) is 0 Å². The van der Waals surface area contributed by atoms with Crippen LogP contribution in [0.15, 0.2) is 24.3 Å². The van der Waals surface area contributed by atoms with E-state index in [-0.39, 0.29) is 12.5 Å². The van der Waals surface area contributed by atoms with Crippen LogP contribution in [0.5, 0.6) is 5.75 Å². The summed E-state index contributed by atoms with van der Waals surface area (Å²) < 4.78 is 5.15. The highest BCUT2D eigenvalue weighted by molar-refractivity contribution is 5.76. The second kappa shape index (κ2) is 7.26. The summed E-state index contributed by atoms with van der Waals surface area (Å²) in [7, 11) is 1.66. The van der Waals surface area contributed by atoms with Crippen molar-refractivity contribution in [3.05, 3.63) is 29.8 Å². The third-order valence-electron chi connectivity index (χ3n) is 3.62. The van der Waals surface area contributed by atoms with Gasteiger partial charge < -0.3 is 14.7 Å². The van der Waals surface area contributed by atoms with E-state index in [1.807, 2.05) is 12.1 Å². The van der Waals surface area contributed by atoms with E-state index in [1.54, 1.807) is 12.0 Å². The molecule has 0 saturated carbocycles. The Balaban J connectivity index is 1.91. The average Bonchev–Trinajstić information content (AvgIpc) is 2.64. The molecule has 2 rings (SSSR count). The van der Waals surface area contributed by atoms with Gasteiger partial charge in [0.05, 0.1) is 13.7 Å². The van der Waals surface area contributed by atoms with E-state index < -0.39 is 0 Å². The number of hydrogen-bond acceptors (Lipinski definition) is 4. The highest BCUT2D eigenvalue weighted by Crippen LogP contribution is 2.14. The average molecular weight is 278 g/mol. The SMILES string of the molecule is COc1ccc(CN2CCC(=O)N(CCO)CC2)cc1. The van der Waals surface area contributed by atoms with Crippen molar-refractivity contribution in [3.63, 3.8) is 0 Å². The fraction of sp³-hybridized carbons (Fsp3) is 0.533. The molecule has 1 aliphatic rings. The van der Waals surface area contributed by atoms with E-state index in [9.17, 15) is 4.79 Å². The highest BCUT2D eigenvalue weighted by atomic mass is 16.5. The molecule has 1 N–H and O–H groups in total. The monoisotopic (exact) mass is 278 g/mol. The molecule has 110 valence electrons. The van der Waals surface area contributed by atoms with Crippen LogP contribution in [0, 0.1) is 0 Å². The van der Waals surface area contributed by atoms with E-state index in [0.29, 0.717) is 19.5 Å². The Morgan fingerprint density at radius 1 is 1.20 bits per heavy atom. The minimum absolute atomic E-state index is 0.0320. The fourth-order valence-corrected chi connectivity index (χ4v) is 2.41. The summed E-state index contributed by atoms with van der Waals surface area (Å²) in [5, 5.41) is 8.96. The van der Waals surface area contributed by atoms with Gasteiger partial charge in [-0.2, -0.15) is 0 Å². The zero-order valence-corrected chi connectivity index (χ0v) is 11.9. The van der Waals surface area contributed by atoms with Crippen LogP contribution < -0.4 is 4.74 Å². The lowest BCUT2D eigenvalue weighted by Crippen LogP contribution is -2.35. The van der Waals surface area contributed by atoms with Crippen molar-refractivity contribution in [1.82, 2.24) is 9.80 Å². The van der Waals surface area contributed by atoms with Crippen LogP contribution >= 0.6 is 0 Å². The first-order chi connectivity index (χ1) is 9.72. The van der Waals surface area contributed by atoms with Gasteiger partial charge in [0, 0.05) is 39.1 Å². The first kappa shape index (κ1) is 14.8. The Hall–Kier alpha value is -1.59. The number of rotatable bonds is 5. The molecule has 1 fully saturated rings. The van der Waals surface area contributed by atoms with Gasteiger partial charge in [-0.1, -0.05) is 12.1 Å². The van der Waals surface area contributed by atoms with Crippen LogP contribution in [0.3, 0.4) is 0 Å². The number of nitrogens with zero attached hydrogens (tertiary/aromatic N) is 2. The normalized spacial score (nSPS) is 17.1. The minimum Gasteiger partial charge on any atom is -0.497 e. The molecule has 0 radical (unpaired) electrons. The first-order valence-electron chi connectivity index (χ1n) is 6.97. The minimum atomic E-state index is 0.0320. The summed E-state index contributed by atoms with van der Waals surface area (Å²) in [5.74, 6) is 0.991. The standard InChI is InChI=1S/C15H22N2O3/c1-20-14-4-2-13(3-5-14)12-16-7-6-15(19)17(9-8-16)10-11-18/h2-5,18H,6-12H2,1H3. The molecular weight excluding hydrogens is 256 g/mol. The number of carbonyl (C=O) groups excluding carboxylic acids is 1. The molecule has 0 atom stereocenters. The van der Waals surface area contributed by atoms with Crippen molar-refractivity contribution >= 4 is 5.91 Å². The highest BCUT2D eigenvalue weighted by Gasteiger charge is 2.20. The molecule has 0 aromatic heterocycles. The maximum Gasteiger partial charge on any atom is 0.223 e. The largest absolute Gasteiger partial charge is 0.497 e. The molecular formula is C15H22N2O3. The molecule has 0 bridgehead atoms. The smallest absolute Gasteiger partial charge is 0.223 e. The van der Waals surface area contributed by atoms with Gasteiger partial charge in [-0.05, 0) is 17.7 Å². The van der Waals surface area contributed by atoms with Gasteiger partial charge in [0.15, 0.2) is 0 Å². The van der Waals surface area contributed by atoms with Gasteiger partial charge in [0.2, 0.25) is 5.91 Å². The molecule has 1 amide bonds. The lowest BCUT2D eigenvalue weighted by molar-refractivity contribution is -0.130. The summed E-state index contributed by atoms with van der Waals surface area (Å²) >= 11 is 0. The molecule has 1 aromatic rings. The zero-order valence-electron chi connectivity index (χ0n) is 11.9. The number of methoxy groups -OCH3 is 1. The molecule has 0 unspecified atom stereocenters. The second-order valence-electron chi connectivity index (χ2n) is 4.98. The van der Waals surface area contributed by atoms with Crippen LogP contribution in [-0.2, 0) is 11.3 Å². The zero-order chi connectivity index (χ0) is 14.4. The number of aliphatic hydroxyl groups excluding tert-OH is 1. The summed E-state index contributed by atoms with van der Waals surface area (Å²) in [5.41, 5.74) is 1.22. The van der Waals surface area contributed by atoms with Crippen molar-refractivity contribution in [2.75, 3.05) is 39.9 Å². The van der Waals surface area contributed by atoms with Crippen molar-refractivity contribution < 1.29 is 14.6 Å². The van der Waals surface area contributed by atoms with E-state index in [4.69, 9.17) is 9.84 Å². The number of β-amino-alcohol motifs (C(OH)–C–C–N with tert-alkyl or cyclic N) is 1. The molecule has 1 aromatic carbocycles. The van der Waals surface area contributed by atoms with Gasteiger partial charge in [-0.15, -0.1) is 0 Å². The van der Waals surface area contributed by atoms with Crippen LogP contribution in [-0.4, -0.2) is 60.7 Å². The van der Waals surface area contributed by atoms with E-state index in [2.05, 4.69) is 17.0 Å². The van der Waals surface area contributed by atoms with Crippen LogP contribution in [0.1, 0.15) is 12.0 Å². The molecule has 0 spiro atoms. The second-order valence-corrected chi connectivity index (χ2v) is 4.98. The molecule has 1 saturated heterocycles. The quantitative estimate of drug-likeness (QED) is 0.862. The van der Waals surface area contributed by atoms with Gasteiger partial charge in [-0.3, -0.25) is 9.69 Å². The lowest BCUT2D eigenvalue weighted by atomic mass is 10.2. The molecule has 0 aliphatic carbocycles. The number of benzene rings is 1. The number of amides is 1. The molecule has 1 heterocycles. The lowest BCUT2D eigenvalue weighted by Gasteiger charge is -2.21. The molecule has 1 aliphatic heterocycles. The number of ether oxygens (including phenoxy) is 1. The van der Waals surface area contributed by atoms with E-state index in [1.165, 1.54) is 5.56 Å². The van der Waals surface area contributed by atoms with Crippen molar-refractivity contribution in [2.24, 2.45) is 0 Å². The Labute approximate surface area is 119 Å². The Morgan fingerprint density at radius 2 is 1.95 bits per heavy atom. The Bertz CT molecular complexity index is 433. The van der Waals surface area contributed by atoms with Crippen molar-refractivity contribution in [3.8, 4) is 5.75 Å². The predicted molar refractivity (Wildman–Crippen MR) is 76.6 cm³/mol. The van der Waals surface area contributed by atoms with E-state index in [0.717, 1.165) is 25.4 Å². The van der Waals surface area contributed by atoms with Crippen LogP contribution in [0.2, 0.25) is 0 Å². The maximum atomic E-state index is 11.9. The summed E-state index contributed by atoms with van der Waals surface area (Å²) in [6.45, 7) is 3.61. The molecule has 20 heavy (non-hydrogen) atoms. The van der Waals surface area contributed by atoms with Crippen molar-refractivity contribution in [1.29, 1.82) is 0 Å². The topological polar surface area (TPSA) is 53.0 Å². The Morgan fingerprint density at radius 3 is 2.60 bits per heavy atom. The molecule has 5 heteroatoms. The van der Waals surface area contributed by atoms with Gasteiger partial charge in [-0.25, -0.2) is 0 Å². The third kappa shape index (κ3) is 3.95.